The second kappa shape index (κ2) is 6.36. The molecule has 0 unspecified atom stereocenters. The van der Waals surface area contributed by atoms with Gasteiger partial charge in [0.05, 0.1) is 0 Å². The smallest absolute Gasteiger partial charge is 0.227 e. The number of rotatable bonds is 4. The van der Waals surface area contributed by atoms with Crippen LogP contribution in [0.15, 0.2) is 60.7 Å². The van der Waals surface area contributed by atoms with E-state index in [0.29, 0.717) is 0 Å². The molecule has 2 fully saturated rings. The zero-order valence-electron chi connectivity index (χ0n) is 14.1. The maximum atomic E-state index is 12.3. The molecule has 2 aliphatic rings. The molecule has 2 N–H and O–H groups in total. The SMILES string of the molecule is O=C(Nc1ccccc1)C1CC2(C1)CC(C(=O)Nc1ccccc1)C2. The van der Waals surface area contributed by atoms with Crippen molar-refractivity contribution in [3.05, 3.63) is 60.7 Å². The minimum absolute atomic E-state index is 0.0818. The third-order valence-corrected chi connectivity index (χ3v) is 5.54. The lowest BCUT2D eigenvalue weighted by Crippen LogP contribution is -2.53. The van der Waals surface area contributed by atoms with Crippen molar-refractivity contribution in [3.63, 3.8) is 0 Å². The average Bonchev–Trinajstić information content (AvgIpc) is 2.54. The van der Waals surface area contributed by atoms with Crippen molar-refractivity contribution in [1.82, 2.24) is 0 Å². The predicted molar refractivity (Wildman–Crippen MR) is 98.0 cm³/mol. The Morgan fingerprint density at radius 2 is 1.04 bits per heavy atom. The van der Waals surface area contributed by atoms with Crippen molar-refractivity contribution >= 4 is 23.2 Å². The van der Waals surface area contributed by atoms with Crippen molar-refractivity contribution in [1.29, 1.82) is 0 Å². The maximum absolute atomic E-state index is 12.3. The van der Waals surface area contributed by atoms with Crippen LogP contribution in [0.3, 0.4) is 0 Å². The van der Waals surface area contributed by atoms with Crippen LogP contribution in [0.2, 0.25) is 0 Å². The number of benzene rings is 2. The Balaban J connectivity index is 1.24. The highest BCUT2D eigenvalue weighted by Crippen LogP contribution is 2.61. The van der Waals surface area contributed by atoms with Crippen molar-refractivity contribution < 1.29 is 9.59 Å². The molecule has 0 atom stereocenters. The lowest BCUT2D eigenvalue weighted by atomic mass is 9.48. The Kier molecular flexibility index (Phi) is 4.04. The van der Waals surface area contributed by atoms with Gasteiger partial charge in [-0.05, 0) is 55.4 Å². The average molecular weight is 334 g/mol. The van der Waals surface area contributed by atoms with Crippen molar-refractivity contribution in [2.45, 2.75) is 25.7 Å². The van der Waals surface area contributed by atoms with Crippen LogP contribution in [0, 0.1) is 17.3 Å². The molecule has 1 spiro atoms. The van der Waals surface area contributed by atoms with Crippen LogP contribution in [0.5, 0.6) is 0 Å². The summed E-state index contributed by atoms with van der Waals surface area (Å²) in [5.74, 6) is 0.375. The number of carbonyl (C=O) groups is 2. The lowest BCUT2D eigenvalue weighted by molar-refractivity contribution is -0.143. The van der Waals surface area contributed by atoms with E-state index in [4.69, 9.17) is 0 Å². The first-order valence-corrected chi connectivity index (χ1v) is 8.85. The summed E-state index contributed by atoms with van der Waals surface area (Å²) in [6.45, 7) is 0. The molecule has 0 heterocycles. The molecule has 2 saturated carbocycles. The Labute approximate surface area is 147 Å². The molecule has 2 aromatic carbocycles. The van der Waals surface area contributed by atoms with Gasteiger partial charge in [0.1, 0.15) is 0 Å². The number of amides is 2. The van der Waals surface area contributed by atoms with E-state index < -0.39 is 0 Å². The summed E-state index contributed by atoms with van der Waals surface area (Å²) in [5, 5.41) is 5.96. The van der Waals surface area contributed by atoms with E-state index in [9.17, 15) is 9.59 Å². The molecule has 128 valence electrons. The van der Waals surface area contributed by atoms with E-state index in [0.717, 1.165) is 37.1 Å². The Hall–Kier alpha value is -2.62. The standard InChI is InChI=1S/C21H22N2O2/c24-19(22-17-7-3-1-4-8-17)15-11-21(12-15)13-16(14-21)20(25)23-18-9-5-2-6-10-18/h1-10,15-16H,11-14H2,(H,22,24)(H,23,25). The monoisotopic (exact) mass is 334 g/mol. The van der Waals surface area contributed by atoms with Gasteiger partial charge in [0, 0.05) is 23.2 Å². The Morgan fingerprint density at radius 1 is 0.680 bits per heavy atom. The minimum atomic E-state index is 0.0818. The number of nitrogens with one attached hydrogen (secondary N) is 2. The van der Waals surface area contributed by atoms with Crippen LogP contribution in [-0.2, 0) is 9.59 Å². The van der Waals surface area contributed by atoms with Gasteiger partial charge in [-0.15, -0.1) is 0 Å². The summed E-state index contributed by atoms with van der Waals surface area (Å²) in [4.78, 5) is 24.6. The molecular weight excluding hydrogens is 312 g/mol. The van der Waals surface area contributed by atoms with E-state index in [1.165, 1.54) is 0 Å². The van der Waals surface area contributed by atoms with Crippen LogP contribution in [0.25, 0.3) is 0 Å². The summed E-state index contributed by atoms with van der Waals surface area (Å²) < 4.78 is 0. The molecule has 0 radical (unpaired) electrons. The second-order valence-corrected chi connectivity index (χ2v) is 7.42. The number of anilines is 2. The van der Waals surface area contributed by atoms with Gasteiger partial charge >= 0.3 is 0 Å². The van der Waals surface area contributed by atoms with E-state index >= 15 is 0 Å². The van der Waals surface area contributed by atoms with E-state index in [1.54, 1.807) is 0 Å². The third-order valence-electron chi connectivity index (χ3n) is 5.54. The molecule has 2 amide bonds. The molecule has 2 aliphatic carbocycles. The quantitative estimate of drug-likeness (QED) is 0.885. The fourth-order valence-electron chi connectivity index (χ4n) is 4.21. The van der Waals surface area contributed by atoms with E-state index in [2.05, 4.69) is 10.6 Å². The number of hydrogen-bond acceptors (Lipinski definition) is 2. The van der Waals surface area contributed by atoms with Gasteiger partial charge in [-0.2, -0.15) is 0 Å². The van der Waals surface area contributed by atoms with Gasteiger partial charge in [0.2, 0.25) is 11.8 Å². The highest BCUT2D eigenvalue weighted by molar-refractivity contribution is 5.95. The highest BCUT2D eigenvalue weighted by atomic mass is 16.2. The first kappa shape index (κ1) is 15.9. The van der Waals surface area contributed by atoms with Gasteiger partial charge in [0.25, 0.3) is 0 Å². The highest BCUT2D eigenvalue weighted by Gasteiger charge is 2.56. The fourth-order valence-corrected chi connectivity index (χ4v) is 4.21. The number of para-hydroxylation sites is 2. The van der Waals surface area contributed by atoms with Crippen LogP contribution in [0.4, 0.5) is 11.4 Å². The van der Waals surface area contributed by atoms with Crippen molar-refractivity contribution in [2.24, 2.45) is 17.3 Å². The zero-order chi connectivity index (χ0) is 17.3. The van der Waals surface area contributed by atoms with Gasteiger partial charge < -0.3 is 10.6 Å². The van der Waals surface area contributed by atoms with E-state index in [1.807, 2.05) is 60.7 Å². The number of hydrogen-bond donors (Lipinski definition) is 2. The summed E-state index contributed by atoms with van der Waals surface area (Å²) in [7, 11) is 0. The summed E-state index contributed by atoms with van der Waals surface area (Å²) in [6.07, 6.45) is 3.61. The fraction of sp³-hybridized carbons (Fsp3) is 0.333. The molecule has 4 nitrogen and oxygen atoms in total. The summed E-state index contributed by atoms with van der Waals surface area (Å²) in [6, 6.07) is 19.1. The van der Waals surface area contributed by atoms with Crippen LogP contribution < -0.4 is 10.6 Å². The molecule has 0 aromatic heterocycles. The summed E-state index contributed by atoms with van der Waals surface area (Å²) in [5.41, 5.74) is 1.92. The van der Waals surface area contributed by atoms with Crippen LogP contribution in [0.1, 0.15) is 25.7 Å². The molecule has 0 saturated heterocycles. The van der Waals surface area contributed by atoms with Gasteiger partial charge in [-0.1, -0.05) is 36.4 Å². The third kappa shape index (κ3) is 3.29. The molecule has 0 aliphatic heterocycles. The molecule has 0 bridgehead atoms. The first-order valence-electron chi connectivity index (χ1n) is 8.85. The largest absolute Gasteiger partial charge is 0.326 e. The molecular formula is C21H22N2O2. The van der Waals surface area contributed by atoms with Gasteiger partial charge in [-0.3, -0.25) is 9.59 Å². The molecule has 4 rings (SSSR count). The van der Waals surface area contributed by atoms with E-state index in [-0.39, 0.29) is 29.1 Å². The van der Waals surface area contributed by atoms with Crippen molar-refractivity contribution in [3.8, 4) is 0 Å². The maximum Gasteiger partial charge on any atom is 0.227 e. The first-order chi connectivity index (χ1) is 12.1. The predicted octanol–water partition coefficient (Wildman–Crippen LogP) is 4.07. The summed E-state index contributed by atoms with van der Waals surface area (Å²) >= 11 is 0. The number of carbonyl (C=O) groups excluding carboxylic acids is 2. The van der Waals surface area contributed by atoms with Gasteiger partial charge in [0.15, 0.2) is 0 Å². The molecule has 2 aromatic rings. The van der Waals surface area contributed by atoms with Crippen LogP contribution >= 0.6 is 0 Å². The zero-order valence-corrected chi connectivity index (χ0v) is 14.1. The van der Waals surface area contributed by atoms with Crippen molar-refractivity contribution in [2.75, 3.05) is 10.6 Å². The molecule has 25 heavy (non-hydrogen) atoms. The minimum Gasteiger partial charge on any atom is -0.326 e. The Morgan fingerprint density at radius 3 is 1.40 bits per heavy atom. The topological polar surface area (TPSA) is 58.2 Å². The molecule has 4 heteroatoms. The normalized spacial score (nSPS) is 27.0. The Bertz CT molecular complexity index is 690. The lowest BCUT2D eigenvalue weighted by Gasteiger charge is -2.56. The van der Waals surface area contributed by atoms with Crippen LogP contribution in [-0.4, -0.2) is 11.8 Å². The van der Waals surface area contributed by atoms with Gasteiger partial charge in [-0.25, -0.2) is 0 Å². The second-order valence-electron chi connectivity index (χ2n) is 7.42.